The molecule has 0 spiro atoms. The second-order valence-electron chi connectivity index (χ2n) is 8.32. The number of carbonyl (C=O) groups excluding carboxylic acids is 3. The number of nitrogens with zero attached hydrogens (tertiary/aromatic N) is 2. The highest BCUT2D eigenvalue weighted by molar-refractivity contribution is 6.05. The highest BCUT2D eigenvalue weighted by Crippen LogP contribution is 2.28. The van der Waals surface area contributed by atoms with Gasteiger partial charge in [-0.1, -0.05) is 18.2 Å². The number of piperidine rings is 1. The summed E-state index contributed by atoms with van der Waals surface area (Å²) in [6, 6.07) is 9.87. The molecule has 2 atom stereocenters. The molecule has 0 radical (unpaired) electrons. The van der Waals surface area contributed by atoms with Gasteiger partial charge in [-0.05, 0) is 48.1 Å². The molecule has 1 aromatic carbocycles. The minimum atomic E-state index is -0.570. The Morgan fingerprint density at radius 1 is 1.10 bits per heavy atom. The standard InChI is InChI=1S/C23H24N4O3/c28-21-8-7-20(22(29)26-21)27-13-16-10-14(3-6-18(16)23(27)30)12-25-17-5-4-15-2-1-9-24-19(15)11-17/h1-3,6,9-10,17,20,25H,4-5,7-8,11-13H2,(H,26,28,29). The molecule has 1 aliphatic carbocycles. The Kier molecular flexibility index (Phi) is 4.83. The summed E-state index contributed by atoms with van der Waals surface area (Å²) < 4.78 is 0. The van der Waals surface area contributed by atoms with Crippen molar-refractivity contribution in [3.8, 4) is 0 Å². The molecule has 1 fully saturated rings. The Morgan fingerprint density at radius 3 is 2.87 bits per heavy atom. The third-order valence-corrected chi connectivity index (χ3v) is 6.37. The van der Waals surface area contributed by atoms with Crippen LogP contribution in [0.25, 0.3) is 0 Å². The molecule has 154 valence electrons. The van der Waals surface area contributed by atoms with E-state index in [0.29, 0.717) is 24.6 Å². The van der Waals surface area contributed by atoms with Crippen LogP contribution in [0.4, 0.5) is 0 Å². The Hall–Kier alpha value is -3.06. The number of amides is 3. The van der Waals surface area contributed by atoms with Gasteiger partial charge in [0.05, 0.1) is 0 Å². The fourth-order valence-corrected chi connectivity index (χ4v) is 4.72. The average Bonchev–Trinajstić information content (AvgIpc) is 3.08. The molecule has 5 rings (SSSR count). The molecular weight excluding hydrogens is 380 g/mol. The van der Waals surface area contributed by atoms with E-state index >= 15 is 0 Å². The number of benzene rings is 1. The minimum Gasteiger partial charge on any atom is -0.322 e. The predicted octanol–water partition coefficient (Wildman–Crippen LogP) is 1.49. The lowest BCUT2D eigenvalue weighted by atomic mass is 9.92. The van der Waals surface area contributed by atoms with E-state index < -0.39 is 6.04 Å². The van der Waals surface area contributed by atoms with Crippen LogP contribution in [0.5, 0.6) is 0 Å². The third-order valence-electron chi connectivity index (χ3n) is 6.37. The number of hydrogen-bond acceptors (Lipinski definition) is 5. The maximum absolute atomic E-state index is 12.8. The fourth-order valence-electron chi connectivity index (χ4n) is 4.72. The van der Waals surface area contributed by atoms with E-state index in [1.807, 2.05) is 24.4 Å². The van der Waals surface area contributed by atoms with E-state index in [1.54, 1.807) is 4.90 Å². The van der Waals surface area contributed by atoms with Crippen molar-refractivity contribution in [2.45, 2.75) is 57.3 Å². The van der Waals surface area contributed by atoms with Gasteiger partial charge >= 0.3 is 0 Å². The molecule has 1 aromatic heterocycles. The smallest absolute Gasteiger partial charge is 0.255 e. The molecule has 2 N–H and O–H groups in total. The number of rotatable bonds is 4. The lowest BCUT2D eigenvalue weighted by Gasteiger charge is -2.29. The SMILES string of the molecule is O=C1CCC(N2Cc3cc(CNC4CCc5cccnc5C4)ccc3C2=O)C(=O)N1. The molecule has 7 heteroatoms. The van der Waals surface area contributed by atoms with Crippen LogP contribution in [0.2, 0.25) is 0 Å². The van der Waals surface area contributed by atoms with Gasteiger partial charge in [-0.15, -0.1) is 0 Å². The van der Waals surface area contributed by atoms with Crippen LogP contribution < -0.4 is 10.6 Å². The van der Waals surface area contributed by atoms with Crippen LogP contribution in [-0.2, 0) is 35.5 Å². The highest BCUT2D eigenvalue weighted by atomic mass is 16.2. The largest absolute Gasteiger partial charge is 0.322 e. The first-order valence-electron chi connectivity index (χ1n) is 10.5. The summed E-state index contributed by atoms with van der Waals surface area (Å²) in [4.78, 5) is 42.5. The minimum absolute atomic E-state index is 0.131. The summed E-state index contributed by atoms with van der Waals surface area (Å²) in [7, 11) is 0. The number of pyridine rings is 1. The van der Waals surface area contributed by atoms with Crippen molar-refractivity contribution in [1.29, 1.82) is 0 Å². The molecule has 3 aliphatic rings. The summed E-state index contributed by atoms with van der Waals surface area (Å²) in [5.74, 6) is -0.774. The van der Waals surface area contributed by atoms with Gasteiger partial charge in [-0.3, -0.25) is 24.7 Å². The summed E-state index contributed by atoms with van der Waals surface area (Å²) >= 11 is 0. The predicted molar refractivity (Wildman–Crippen MR) is 109 cm³/mol. The monoisotopic (exact) mass is 404 g/mol. The second-order valence-corrected chi connectivity index (χ2v) is 8.32. The zero-order valence-electron chi connectivity index (χ0n) is 16.7. The highest BCUT2D eigenvalue weighted by Gasteiger charge is 2.39. The Labute approximate surface area is 174 Å². The summed E-state index contributed by atoms with van der Waals surface area (Å²) in [6.45, 7) is 1.14. The van der Waals surface area contributed by atoms with Gasteiger partial charge < -0.3 is 10.2 Å². The van der Waals surface area contributed by atoms with Gasteiger partial charge in [-0.2, -0.15) is 0 Å². The van der Waals surface area contributed by atoms with E-state index in [1.165, 1.54) is 11.3 Å². The van der Waals surface area contributed by atoms with Crippen molar-refractivity contribution in [2.24, 2.45) is 0 Å². The molecule has 0 bridgehead atoms. The van der Waals surface area contributed by atoms with Gasteiger partial charge in [0.2, 0.25) is 11.8 Å². The lowest BCUT2D eigenvalue weighted by molar-refractivity contribution is -0.136. The molecule has 2 aromatic rings. The van der Waals surface area contributed by atoms with Crippen molar-refractivity contribution in [3.05, 3.63) is 64.5 Å². The van der Waals surface area contributed by atoms with Gasteiger partial charge in [-0.25, -0.2) is 0 Å². The van der Waals surface area contributed by atoms with Crippen LogP contribution in [0.1, 0.15) is 52.0 Å². The van der Waals surface area contributed by atoms with Gasteiger partial charge in [0.1, 0.15) is 6.04 Å². The second kappa shape index (κ2) is 7.65. The molecule has 30 heavy (non-hydrogen) atoms. The van der Waals surface area contributed by atoms with Crippen LogP contribution >= 0.6 is 0 Å². The van der Waals surface area contributed by atoms with Crippen LogP contribution in [0.3, 0.4) is 0 Å². The molecule has 2 aliphatic heterocycles. The van der Waals surface area contributed by atoms with Gasteiger partial charge in [0, 0.05) is 49.4 Å². The molecule has 7 nitrogen and oxygen atoms in total. The summed E-state index contributed by atoms with van der Waals surface area (Å²) in [5, 5.41) is 5.97. The molecule has 0 saturated carbocycles. The van der Waals surface area contributed by atoms with Crippen LogP contribution in [-0.4, -0.2) is 39.7 Å². The number of aromatic nitrogens is 1. The van der Waals surface area contributed by atoms with Crippen molar-refractivity contribution >= 4 is 17.7 Å². The number of carbonyl (C=O) groups is 3. The summed E-state index contributed by atoms with van der Waals surface area (Å²) in [5.41, 5.74) is 5.25. The first kappa shape index (κ1) is 18.9. The number of hydrogen-bond donors (Lipinski definition) is 2. The van der Waals surface area contributed by atoms with Crippen LogP contribution in [0, 0.1) is 0 Å². The molecule has 2 unspecified atom stereocenters. The van der Waals surface area contributed by atoms with Crippen molar-refractivity contribution in [3.63, 3.8) is 0 Å². The number of nitrogens with one attached hydrogen (secondary N) is 2. The fraction of sp³-hybridized carbons (Fsp3) is 0.391. The third kappa shape index (κ3) is 3.50. The number of aryl methyl sites for hydroxylation is 1. The first-order valence-corrected chi connectivity index (χ1v) is 10.5. The van der Waals surface area contributed by atoms with E-state index in [9.17, 15) is 14.4 Å². The molecular formula is C23H24N4O3. The first-order chi connectivity index (χ1) is 14.6. The van der Waals surface area contributed by atoms with E-state index in [2.05, 4.69) is 27.8 Å². The number of fused-ring (bicyclic) bond motifs is 2. The zero-order chi connectivity index (χ0) is 20.7. The van der Waals surface area contributed by atoms with Gasteiger partial charge in [0.25, 0.3) is 5.91 Å². The molecule has 3 amide bonds. The maximum Gasteiger partial charge on any atom is 0.255 e. The normalized spacial score (nSPS) is 23.2. The van der Waals surface area contributed by atoms with Crippen LogP contribution in [0.15, 0.2) is 36.5 Å². The Balaban J connectivity index is 1.24. The van der Waals surface area contributed by atoms with Crippen molar-refractivity contribution < 1.29 is 14.4 Å². The molecule has 3 heterocycles. The topological polar surface area (TPSA) is 91.4 Å². The maximum atomic E-state index is 12.8. The Morgan fingerprint density at radius 2 is 2.00 bits per heavy atom. The Bertz CT molecular complexity index is 1030. The number of imide groups is 1. The molecule has 1 saturated heterocycles. The lowest BCUT2D eigenvalue weighted by Crippen LogP contribution is -2.52. The van der Waals surface area contributed by atoms with Crippen molar-refractivity contribution in [2.75, 3.05) is 0 Å². The van der Waals surface area contributed by atoms with E-state index in [0.717, 1.165) is 36.9 Å². The quantitative estimate of drug-likeness (QED) is 0.754. The van der Waals surface area contributed by atoms with Gasteiger partial charge in [0.15, 0.2) is 0 Å². The van der Waals surface area contributed by atoms with E-state index in [-0.39, 0.29) is 24.1 Å². The zero-order valence-corrected chi connectivity index (χ0v) is 16.7. The average molecular weight is 404 g/mol. The van der Waals surface area contributed by atoms with E-state index in [4.69, 9.17) is 0 Å². The van der Waals surface area contributed by atoms with Crippen molar-refractivity contribution in [1.82, 2.24) is 20.5 Å². The summed E-state index contributed by atoms with van der Waals surface area (Å²) in [6.07, 6.45) is 5.57.